The number of benzene rings is 1. The fourth-order valence-electron chi connectivity index (χ4n) is 2.55. The topological polar surface area (TPSA) is 82.1 Å². The number of rotatable bonds is 6. The Hall–Kier alpha value is -2.54. The van der Waals surface area contributed by atoms with Crippen LogP contribution in [0.4, 0.5) is 0 Å². The Kier molecular flexibility index (Phi) is 4.71. The molecule has 1 atom stereocenters. The summed E-state index contributed by atoms with van der Waals surface area (Å²) in [5, 5.41) is 7.48. The number of halogens is 1. The monoisotopic (exact) mass is 348 g/mol. The number of amides is 1. The van der Waals surface area contributed by atoms with E-state index in [1.807, 2.05) is 19.2 Å². The van der Waals surface area contributed by atoms with Crippen LogP contribution in [0.2, 0.25) is 5.02 Å². The van der Waals surface area contributed by atoms with Gasteiger partial charge < -0.3 is 9.73 Å². The Morgan fingerprint density at radius 2 is 2.29 bits per heavy atom. The van der Waals surface area contributed by atoms with Crippen molar-refractivity contribution < 1.29 is 9.21 Å². The zero-order valence-corrected chi connectivity index (χ0v) is 13.9. The van der Waals surface area contributed by atoms with Crippen LogP contribution < -0.4 is 11.1 Å². The molecule has 1 aromatic carbocycles. The molecule has 0 bridgehead atoms. The number of hydrogen-bond acceptors (Lipinski definition) is 4. The maximum atomic E-state index is 12.1. The molecule has 0 aliphatic heterocycles. The lowest BCUT2D eigenvalue weighted by molar-refractivity contribution is -0.122. The van der Waals surface area contributed by atoms with Crippen LogP contribution in [0.1, 0.15) is 13.3 Å². The average Bonchev–Trinajstić information content (AvgIpc) is 3.11. The maximum Gasteiger partial charge on any atom is 0.419 e. The van der Waals surface area contributed by atoms with E-state index < -0.39 is 5.76 Å². The van der Waals surface area contributed by atoms with Gasteiger partial charge in [0.15, 0.2) is 5.58 Å². The molecule has 7 nitrogen and oxygen atoms in total. The summed E-state index contributed by atoms with van der Waals surface area (Å²) >= 11 is 5.88. The molecule has 3 aromatic rings. The van der Waals surface area contributed by atoms with Crippen molar-refractivity contribution in [3.05, 3.63) is 52.2 Å². The van der Waals surface area contributed by atoms with E-state index >= 15 is 0 Å². The molecule has 1 unspecified atom stereocenters. The number of nitrogens with one attached hydrogen (secondary N) is 1. The van der Waals surface area contributed by atoms with Crippen LogP contribution in [0, 0.1) is 0 Å². The first-order valence-electron chi connectivity index (χ1n) is 7.58. The summed E-state index contributed by atoms with van der Waals surface area (Å²) in [7, 11) is 0. The van der Waals surface area contributed by atoms with E-state index in [1.54, 1.807) is 29.1 Å². The molecule has 0 radical (unpaired) electrons. The van der Waals surface area contributed by atoms with E-state index in [2.05, 4.69) is 10.4 Å². The summed E-state index contributed by atoms with van der Waals surface area (Å²) in [5.41, 5.74) is 1.04. The number of hydrogen-bond donors (Lipinski definition) is 1. The first-order valence-corrected chi connectivity index (χ1v) is 7.96. The maximum absolute atomic E-state index is 12.1. The van der Waals surface area contributed by atoms with Gasteiger partial charge in [0.2, 0.25) is 5.91 Å². The summed E-state index contributed by atoms with van der Waals surface area (Å²) in [6.07, 6.45) is 3.71. The van der Waals surface area contributed by atoms with Gasteiger partial charge in [0, 0.05) is 42.5 Å². The van der Waals surface area contributed by atoms with Gasteiger partial charge in [-0.1, -0.05) is 11.6 Å². The zero-order valence-electron chi connectivity index (χ0n) is 13.1. The standard InChI is InChI=1S/C16H17ClN4O3/c1-11(10-20-7-2-6-18-20)19-15(22)5-8-21-13-4-3-12(17)9-14(13)24-16(21)23/h2-4,6-7,9,11H,5,8,10H2,1H3,(H,19,22). The van der Waals surface area contributed by atoms with Crippen molar-refractivity contribution in [2.24, 2.45) is 0 Å². The highest BCUT2D eigenvalue weighted by atomic mass is 35.5. The first-order chi connectivity index (χ1) is 11.5. The molecule has 0 aliphatic carbocycles. The summed E-state index contributed by atoms with van der Waals surface area (Å²) < 4.78 is 8.33. The third-order valence-electron chi connectivity index (χ3n) is 3.62. The predicted octanol–water partition coefficient (Wildman–Crippen LogP) is 2.04. The minimum absolute atomic E-state index is 0.0611. The van der Waals surface area contributed by atoms with Gasteiger partial charge in [-0.05, 0) is 25.1 Å². The summed E-state index contributed by atoms with van der Waals surface area (Å²) in [4.78, 5) is 24.0. The molecule has 3 rings (SSSR count). The fourth-order valence-corrected chi connectivity index (χ4v) is 2.71. The third-order valence-corrected chi connectivity index (χ3v) is 3.86. The van der Waals surface area contributed by atoms with Crippen LogP contribution in [0.5, 0.6) is 0 Å². The smallest absolute Gasteiger partial charge is 0.408 e. The number of carbonyl (C=O) groups excluding carboxylic acids is 1. The third kappa shape index (κ3) is 3.68. The van der Waals surface area contributed by atoms with Crippen molar-refractivity contribution in [2.45, 2.75) is 32.5 Å². The highest BCUT2D eigenvalue weighted by molar-refractivity contribution is 6.31. The van der Waals surface area contributed by atoms with Gasteiger partial charge in [0.05, 0.1) is 12.1 Å². The van der Waals surface area contributed by atoms with Crippen LogP contribution in [0.25, 0.3) is 11.1 Å². The Morgan fingerprint density at radius 3 is 3.04 bits per heavy atom. The second-order valence-electron chi connectivity index (χ2n) is 5.58. The quantitative estimate of drug-likeness (QED) is 0.739. The Bertz CT molecular complexity index is 898. The highest BCUT2D eigenvalue weighted by Crippen LogP contribution is 2.18. The lowest BCUT2D eigenvalue weighted by Crippen LogP contribution is -2.36. The minimum Gasteiger partial charge on any atom is -0.408 e. The van der Waals surface area contributed by atoms with Crippen molar-refractivity contribution in [1.82, 2.24) is 19.7 Å². The molecule has 0 fully saturated rings. The van der Waals surface area contributed by atoms with Gasteiger partial charge in [0.1, 0.15) is 0 Å². The summed E-state index contributed by atoms with van der Waals surface area (Å²) in [5.74, 6) is -0.630. The molecule has 24 heavy (non-hydrogen) atoms. The van der Waals surface area contributed by atoms with Crippen LogP contribution in [0.15, 0.2) is 45.9 Å². The fraction of sp³-hybridized carbons (Fsp3) is 0.312. The van der Waals surface area contributed by atoms with Crippen LogP contribution in [0.3, 0.4) is 0 Å². The van der Waals surface area contributed by atoms with E-state index in [0.29, 0.717) is 22.7 Å². The second-order valence-corrected chi connectivity index (χ2v) is 6.01. The molecule has 1 N–H and O–H groups in total. The van der Waals surface area contributed by atoms with Crippen LogP contribution in [-0.2, 0) is 17.9 Å². The zero-order chi connectivity index (χ0) is 17.1. The Labute approximate surface area is 142 Å². The van der Waals surface area contributed by atoms with Gasteiger partial charge in [-0.3, -0.25) is 14.0 Å². The molecule has 0 saturated carbocycles. The summed E-state index contributed by atoms with van der Waals surface area (Å²) in [6.45, 7) is 2.74. The van der Waals surface area contributed by atoms with Gasteiger partial charge in [-0.2, -0.15) is 5.10 Å². The molecular weight excluding hydrogens is 332 g/mol. The molecular formula is C16H17ClN4O3. The Balaban J connectivity index is 1.60. The number of oxazole rings is 1. The summed E-state index contributed by atoms with van der Waals surface area (Å²) in [6, 6.07) is 6.75. The molecule has 0 saturated heterocycles. The van der Waals surface area contributed by atoms with Gasteiger partial charge in [-0.15, -0.1) is 0 Å². The van der Waals surface area contributed by atoms with E-state index in [-0.39, 0.29) is 24.9 Å². The van der Waals surface area contributed by atoms with Gasteiger partial charge in [-0.25, -0.2) is 4.79 Å². The van der Waals surface area contributed by atoms with E-state index in [0.717, 1.165) is 0 Å². The average molecular weight is 349 g/mol. The minimum atomic E-state index is -0.496. The predicted molar refractivity (Wildman–Crippen MR) is 89.9 cm³/mol. The molecule has 2 heterocycles. The van der Waals surface area contributed by atoms with E-state index in [9.17, 15) is 9.59 Å². The molecule has 1 amide bonds. The van der Waals surface area contributed by atoms with Crippen molar-refractivity contribution in [3.63, 3.8) is 0 Å². The van der Waals surface area contributed by atoms with Gasteiger partial charge in [0.25, 0.3) is 0 Å². The van der Waals surface area contributed by atoms with Crippen molar-refractivity contribution in [1.29, 1.82) is 0 Å². The van der Waals surface area contributed by atoms with Crippen molar-refractivity contribution in [2.75, 3.05) is 0 Å². The van der Waals surface area contributed by atoms with Crippen molar-refractivity contribution >= 4 is 28.6 Å². The van der Waals surface area contributed by atoms with E-state index in [4.69, 9.17) is 16.0 Å². The number of fused-ring (bicyclic) bond motifs is 1. The lowest BCUT2D eigenvalue weighted by atomic mass is 10.3. The number of aromatic nitrogens is 3. The SMILES string of the molecule is CC(Cn1cccn1)NC(=O)CCn1c(=O)oc2cc(Cl)ccc21. The van der Waals surface area contributed by atoms with Gasteiger partial charge >= 0.3 is 5.76 Å². The number of aryl methyl sites for hydroxylation is 1. The normalized spacial score (nSPS) is 12.4. The largest absolute Gasteiger partial charge is 0.419 e. The molecule has 2 aromatic heterocycles. The van der Waals surface area contributed by atoms with Crippen LogP contribution in [-0.4, -0.2) is 26.3 Å². The number of nitrogens with zero attached hydrogens (tertiary/aromatic N) is 3. The van der Waals surface area contributed by atoms with Crippen molar-refractivity contribution in [3.8, 4) is 0 Å². The second kappa shape index (κ2) is 6.92. The molecule has 126 valence electrons. The highest BCUT2D eigenvalue weighted by Gasteiger charge is 2.13. The number of carbonyl (C=O) groups is 1. The molecule has 0 spiro atoms. The lowest BCUT2D eigenvalue weighted by Gasteiger charge is -2.14. The van der Waals surface area contributed by atoms with E-state index in [1.165, 1.54) is 4.57 Å². The van der Waals surface area contributed by atoms with Crippen LogP contribution >= 0.6 is 11.6 Å². The Morgan fingerprint density at radius 1 is 1.46 bits per heavy atom. The molecule has 8 heteroatoms. The first kappa shape index (κ1) is 16.3. The molecule has 0 aliphatic rings.